The third-order valence-electron chi connectivity index (χ3n) is 3.63. The van der Waals surface area contributed by atoms with Gasteiger partial charge in [-0.05, 0) is 11.5 Å². The van der Waals surface area contributed by atoms with E-state index < -0.39 is 0 Å². The van der Waals surface area contributed by atoms with E-state index >= 15 is 0 Å². The number of ether oxygens (including phenoxy) is 2. The Labute approximate surface area is 157 Å². The molecule has 0 aliphatic carbocycles. The SMILES string of the molecule is COc1c(Cl)c(C#N)c(C#N)c(Cl)c1Oc1ccccc1C(C)(C)C. The Morgan fingerprint density at radius 2 is 1.44 bits per heavy atom. The minimum absolute atomic E-state index is 0.00538. The van der Waals surface area contributed by atoms with Crippen LogP contribution in [0.25, 0.3) is 0 Å². The first-order valence-electron chi connectivity index (χ1n) is 7.42. The van der Waals surface area contributed by atoms with Gasteiger partial charge in [0, 0.05) is 5.56 Å². The van der Waals surface area contributed by atoms with E-state index in [0.29, 0.717) is 5.75 Å². The largest absolute Gasteiger partial charge is 0.491 e. The summed E-state index contributed by atoms with van der Waals surface area (Å²) in [5.41, 5.74) is 0.692. The van der Waals surface area contributed by atoms with Crippen LogP contribution in [0.1, 0.15) is 37.5 Å². The summed E-state index contributed by atoms with van der Waals surface area (Å²) in [6.45, 7) is 6.17. The summed E-state index contributed by atoms with van der Waals surface area (Å²) in [7, 11) is 1.40. The minimum atomic E-state index is -0.176. The molecule has 0 saturated heterocycles. The summed E-state index contributed by atoms with van der Waals surface area (Å²) in [6.07, 6.45) is 0. The number of halogens is 2. The van der Waals surface area contributed by atoms with E-state index in [2.05, 4.69) is 20.8 Å². The van der Waals surface area contributed by atoms with Gasteiger partial charge in [-0.3, -0.25) is 0 Å². The van der Waals surface area contributed by atoms with Crippen LogP contribution in [0.4, 0.5) is 0 Å². The van der Waals surface area contributed by atoms with Crippen LogP contribution in [0.15, 0.2) is 24.3 Å². The molecule has 0 aliphatic rings. The Bertz CT molecular complexity index is 900. The van der Waals surface area contributed by atoms with Gasteiger partial charge in [-0.2, -0.15) is 10.5 Å². The van der Waals surface area contributed by atoms with E-state index in [-0.39, 0.29) is 38.1 Å². The number of rotatable bonds is 3. The number of methoxy groups -OCH3 is 1. The van der Waals surface area contributed by atoms with Crippen molar-refractivity contribution in [2.24, 2.45) is 0 Å². The Morgan fingerprint density at radius 1 is 0.920 bits per heavy atom. The van der Waals surface area contributed by atoms with Crippen LogP contribution in [0, 0.1) is 22.7 Å². The highest BCUT2D eigenvalue weighted by molar-refractivity contribution is 6.37. The standard InChI is InChI=1S/C19H16Cl2N2O2/c1-19(2,3)13-7-5-6-8-14(13)25-18-16(21)12(10-23)11(9-22)15(20)17(18)24-4/h5-8H,1-4H3. The molecule has 128 valence electrons. The predicted molar refractivity (Wildman–Crippen MR) is 97.7 cm³/mol. The van der Waals surface area contributed by atoms with E-state index in [0.717, 1.165) is 5.56 Å². The molecule has 0 saturated carbocycles. The number of nitriles is 2. The van der Waals surface area contributed by atoms with Gasteiger partial charge in [-0.1, -0.05) is 62.2 Å². The van der Waals surface area contributed by atoms with Crippen LogP contribution in [0.3, 0.4) is 0 Å². The molecule has 2 aromatic carbocycles. The van der Waals surface area contributed by atoms with Crippen molar-refractivity contribution in [3.05, 3.63) is 51.0 Å². The molecule has 0 N–H and O–H groups in total. The fourth-order valence-corrected chi connectivity index (χ4v) is 2.98. The van der Waals surface area contributed by atoms with Crippen molar-refractivity contribution in [1.82, 2.24) is 0 Å². The first-order valence-corrected chi connectivity index (χ1v) is 8.18. The summed E-state index contributed by atoms with van der Waals surface area (Å²) >= 11 is 12.6. The van der Waals surface area contributed by atoms with Crippen LogP contribution < -0.4 is 9.47 Å². The van der Waals surface area contributed by atoms with Gasteiger partial charge in [0.1, 0.15) is 27.9 Å². The Kier molecular flexibility index (Phi) is 5.48. The van der Waals surface area contributed by atoms with Gasteiger partial charge in [-0.25, -0.2) is 0 Å². The molecule has 4 nitrogen and oxygen atoms in total. The monoisotopic (exact) mass is 374 g/mol. The lowest BCUT2D eigenvalue weighted by Crippen LogP contribution is -2.12. The summed E-state index contributed by atoms with van der Waals surface area (Å²) in [4.78, 5) is 0. The number of nitrogens with zero attached hydrogens (tertiary/aromatic N) is 2. The molecule has 2 aromatic rings. The average Bonchev–Trinajstić information content (AvgIpc) is 2.57. The molecule has 0 aromatic heterocycles. The van der Waals surface area contributed by atoms with Crippen LogP contribution in [0.5, 0.6) is 17.2 Å². The molecule has 6 heteroatoms. The van der Waals surface area contributed by atoms with E-state index in [1.807, 2.05) is 30.3 Å². The van der Waals surface area contributed by atoms with Gasteiger partial charge in [0.05, 0.1) is 18.2 Å². The Hall–Kier alpha value is -2.40. The van der Waals surface area contributed by atoms with E-state index in [4.69, 9.17) is 32.7 Å². The zero-order valence-corrected chi connectivity index (χ0v) is 15.8. The van der Waals surface area contributed by atoms with Crippen LogP contribution >= 0.6 is 23.2 Å². The van der Waals surface area contributed by atoms with Gasteiger partial charge in [0.25, 0.3) is 0 Å². The van der Waals surface area contributed by atoms with E-state index in [9.17, 15) is 10.5 Å². The van der Waals surface area contributed by atoms with Crippen molar-refractivity contribution in [3.63, 3.8) is 0 Å². The molecule has 0 aliphatic heterocycles. The second-order valence-corrected chi connectivity index (χ2v) is 7.07. The van der Waals surface area contributed by atoms with Crippen LogP contribution in [0.2, 0.25) is 10.0 Å². The second kappa shape index (κ2) is 7.23. The molecule has 0 atom stereocenters. The van der Waals surface area contributed by atoms with Crippen molar-refractivity contribution in [1.29, 1.82) is 10.5 Å². The third kappa shape index (κ3) is 3.51. The molecule has 0 bridgehead atoms. The van der Waals surface area contributed by atoms with Gasteiger partial charge in [-0.15, -0.1) is 0 Å². The lowest BCUT2D eigenvalue weighted by molar-refractivity contribution is 0.374. The highest BCUT2D eigenvalue weighted by Gasteiger charge is 2.26. The Balaban J connectivity index is 2.73. The molecular weight excluding hydrogens is 359 g/mol. The average molecular weight is 375 g/mol. The number of hydrogen-bond acceptors (Lipinski definition) is 4. The van der Waals surface area contributed by atoms with Crippen molar-refractivity contribution < 1.29 is 9.47 Å². The number of benzene rings is 2. The quantitative estimate of drug-likeness (QED) is 0.676. The third-order valence-corrected chi connectivity index (χ3v) is 4.35. The van der Waals surface area contributed by atoms with Crippen molar-refractivity contribution in [3.8, 4) is 29.4 Å². The maximum absolute atomic E-state index is 9.35. The first kappa shape index (κ1) is 18.9. The van der Waals surface area contributed by atoms with Gasteiger partial charge < -0.3 is 9.47 Å². The minimum Gasteiger partial charge on any atom is -0.491 e. The molecular formula is C19H16Cl2N2O2. The number of hydrogen-bond donors (Lipinski definition) is 0. The maximum atomic E-state index is 9.35. The van der Waals surface area contributed by atoms with Gasteiger partial charge in [0.2, 0.25) is 0 Å². The normalized spacial score (nSPS) is 10.7. The zero-order valence-electron chi connectivity index (χ0n) is 14.3. The molecule has 0 amide bonds. The fraction of sp³-hybridized carbons (Fsp3) is 0.263. The molecule has 0 radical (unpaired) electrons. The van der Waals surface area contributed by atoms with E-state index in [1.165, 1.54) is 7.11 Å². The molecule has 25 heavy (non-hydrogen) atoms. The highest BCUT2D eigenvalue weighted by atomic mass is 35.5. The zero-order chi connectivity index (χ0) is 18.8. The molecule has 0 fully saturated rings. The summed E-state index contributed by atoms with van der Waals surface area (Å²) in [6, 6.07) is 11.3. The second-order valence-electron chi connectivity index (χ2n) is 6.31. The summed E-state index contributed by atoms with van der Waals surface area (Å²) in [5, 5.41) is 18.6. The van der Waals surface area contributed by atoms with Crippen molar-refractivity contribution >= 4 is 23.2 Å². The maximum Gasteiger partial charge on any atom is 0.190 e. The van der Waals surface area contributed by atoms with E-state index in [1.54, 1.807) is 6.07 Å². The highest BCUT2D eigenvalue weighted by Crippen LogP contribution is 2.48. The summed E-state index contributed by atoms with van der Waals surface area (Å²) < 4.78 is 11.3. The van der Waals surface area contributed by atoms with Crippen LogP contribution in [-0.4, -0.2) is 7.11 Å². The molecule has 2 rings (SSSR count). The molecule has 0 heterocycles. The fourth-order valence-electron chi connectivity index (χ4n) is 2.41. The smallest absolute Gasteiger partial charge is 0.190 e. The summed E-state index contributed by atoms with van der Waals surface area (Å²) in [5.74, 6) is 0.798. The van der Waals surface area contributed by atoms with Gasteiger partial charge in [0.15, 0.2) is 11.5 Å². The topological polar surface area (TPSA) is 66.0 Å². The lowest BCUT2D eigenvalue weighted by atomic mass is 9.86. The van der Waals surface area contributed by atoms with Crippen LogP contribution in [-0.2, 0) is 5.41 Å². The first-order chi connectivity index (χ1) is 11.8. The Morgan fingerprint density at radius 3 is 1.92 bits per heavy atom. The molecule has 0 spiro atoms. The van der Waals surface area contributed by atoms with Gasteiger partial charge >= 0.3 is 0 Å². The predicted octanol–water partition coefficient (Wildman–Crippen LogP) is 5.84. The lowest BCUT2D eigenvalue weighted by Gasteiger charge is -2.23. The van der Waals surface area contributed by atoms with Crippen molar-refractivity contribution in [2.75, 3.05) is 7.11 Å². The van der Waals surface area contributed by atoms with Crippen molar-refractivity contribution in [2.45, 2.75) is 26.2 Å². The number of para-hydroxylation sites is 1. The molecule has 0 unspecified atom stereocenters.